The van der Waals surface area contributed by atoms with Gasteiger partial charge in [-0.15, -0.1) is 0 Å². The Labute approximate surface area is 190 Å². The van der Waals surface area contributed by atoms with Crippen LogP contribution in [-0.2, 0) is 0 Å². The van der Waals surface area contributed by atoms with Crippen LogP contribution in [0.2, 0.25) is 0 Å². The average molecular weight is 477 g/mol. The van der Waals surface area contributed by atoms with Crippen molar-refractivity contribution in [2.75, 3.05) is 0 Å². The Balaban J connectivity index is 0.000000356. The molecule has 4 N–H and O–H groups in total. The van der Waals surface area contributed by atoms with Crippen LogP contribution in [0, 0.1) is 0 Å². The first kappa shape index (κ1) is 29.4. The van der Waals surface area contributed by atoms with Gasteiger partial charge in [-0.25, -0.2) is 0 Å². The second-order valence-corrected chi connectivity index (χ2v) is 9.17. The van der Waals surface area contributed by atoms with E-state index in [4.69, 9.17) is 20.4 Å². The number of rotatable bonds is 0. The third-order valence-corrected chi connectivity index (χ3v) is 6.30. The Kier molecular flexibility index (Phi) is 20.6. The van der Waals surface area contributed by atoms with Gasteiger partial charge in [0.05, 0.1) is 24.4 Å². The Morgan fingerprint density at radius 2 is 0.414 bits per heavy atom. The zero-order valence-corrected chi connectivity index (χ0v) is 18.2. The molecule has 4 nitrogen and oxygen atoms in total. The van der Waals surface area contributed by atoms with Crippen LogP contribution in [0.3, 0.4) is 0 Å². The van der Waals surface area contributed by atoms with E-state index in [1.807, 2.05) is 0 Å². The van der Waals surface area contributed by atoms with E-state index in [1.54, 1.807) is 0 Å². The minimum atomic E-state index is 0. The van der Waals surface area contributed by atoms with E-state index in [2.05, 4.69) is 0 Å². The Bertz CT molecular complexity index is 255. The molecule has 0 bridgehead atoms. The van der Waals surface area contributed by atoms with Gasteiger partial charge in [-0.2, -0.15) is 0 Å². The third kappa shape index (κ3) is 18.8. The summed E-state index contributed by atoms with van der Waals surface area (Å²) in [5.74, 6) is 0. The van der Waals surface area contributed by atoms with Gasteiger partial charge in [0, 0.05) is 0 Å². The molecule has 4 rings (SSSR count). The van der Waals surface area contributed by atoms with E-state index in [0.29, 0.717) is 0 Å². The molecule has 4 saturated carbocycles. The molecule has 29 heavy (non-hydrogen) atoms. The van der Waals surface area contributed by atoms with Gasteiger partial charge in [-0.3, -0.25) is 0 Å². The molecule has 0 aliphatic heterocycles. The zero-order chi connectivity index (χ0) is 20.5. The van der Waals surface area contributed by atoms with Crippen LogP contribution in [0.25, 0.3) is 0 Å². The topological polar surface area (TPSA) is 80.9 Å². The Morgan fingerprint density at radius 3 is 0.483 bits per heavy atom. The molecular weight excluding hydrogens is 425 g/mol. The summed E-state index contributed by atoms with van der Waals surface area (Å²) in [6, 6.07) is 0. The second kappa shape index (κ2) is 20.3. The molecule has 5 heteroatoms. The normalized spacial score (nSPS) is 24.4. The molecular formula is C24H52GeO4. The number of aliphatic hydroxyl groups is 4. The fourth-order valence-corrected chi connectivity index (χ4v) is 4.32. The molecule has 0 radical (unpaired) electrons. The van der Waals surface area contributed by atoms with Crippen molar-refractivity contribution >= 4 is 17.6 Å². The van der Waals surface area contributed by atoms with Gasteiger partial charge in [0.2, 0.25) is 0 Å². The van der Waals surface area contributed by atoms with Crippen molar-refractivity contribution in [3.63, 3.8) is 0 Å². The van der Waals surface area contributed by atoms with Gasteiger partial charge >= 0.3 is 17.6 Å². The van der Waals surface area contributed by atoms with E-state index in [0.717, 1.165) is 51.4 Å². The standard InChI is InChI=1S/4C6H12O.GeH4/c4*7-6-4-2-1-3-5-6;/h4*6-7H,1-5H2;1H4. The summed E-state index contributed by atoms with van der Waals surface area (Å²) in [6.45, 7) is 0. The predicted molar refractivity (Wildman–Crippen MR) is 128 cm³/mol. The molecule has 4 fully saturated rings. The van der Waals surface area contributed by atoms with Gasteiger partial charge in [-0.1, -0.05) is 77.0 Å². The fourth-order valence-electron chi connectivity index (χ4n) is 4.32. The maximum absolute atomic E-state index is 8.91. The summed E-state index contributed by atoms with van der Waals surface area (Å²) in [6.07, 6.45) is 23.7. The van der Waals surface area contributed by atoms with Gasteiger partial charge in [0.25, 0.3) is 0 Å². The Morgan fingerprint density at radius 1 is 0.276 bits per heavy atom. The predicted octanol–water partition coefficient (Wildman–Crippen LogP) is 3.79. The van der Waals surface area contributed by atoms with Gasteiger partial charge in [-0.05, 0) is 51.4 Å². The fraction of sp³-hybridized carbons (Fsp3) is 1.00. The van der Waals surface area contributed by atoms with E-state index < -0.39 is 0 Å². The van der Waals surface area contributed by atoms with E-state index in [1.165, 1.54) is 77.0 Å². The average Bonchev–Trinajstić information content (AvgIpc) is 2.72. The van der Waals surface area contributed by atoms with E-state index in [9.17, 15) is 0 Å². The van der Waals surface area contributed by atoms with Gasteiger partial charge < -0.3 is 20.4 Å². The molecule has 0 unspecified atom stereocenters. The minimum absolute atomic E-state index is 0. The quantitative estimate of drug-likeness (QED) is 0.401. The van der Waals surface area contributed by atoms with Crippen molar-refractivity contribution < 1.29 is 20.4 Å². The van der Waals surface area contributed by atoms with E-state index in [-0.39, 0.29) is 42.0 Å². The van der Waals surface area contributed by atoms with Crippen LogP contribution in [0.15, 0.2) is 0 Å². The molecule has 0 amide bonds. The molecule has 0 aromatic carbocycles. The summed E-state index contributed by atoms with van der Waals surface area (Å²) in [4.78, 5) is 0. The monoisotopic (exact) mass is 478 g/mol. The second-order valence-electron chi connectivity index (χ2n) is 9.17. The van der Waals surface area contributed by atoms with Gasteiger partial charge in [0.1, 0.15) is 0 Å². The zero-order valence-electron chi connectivity index (χ0n) is 18.2. The Hall–Kier alpha value is 0.383. The summed E-state index contributed by atoms with van der Waals surface area (Å²) < 4.78 is 0. The summed E-state index contributed by atoms with van der Waals surface area (Å²) in [5, 5.41) is 35.6. The van der Waals surface area contributed by atoms with Crippen molar-refractivity contribution in [1.29, 1.82) is 0 Å². The summed E-state index contributed by atoms with van der Waals surface area (Å²) >= 11 is 0. The molecule has 0 aromatic rings. The number of hydrogen-bond acceptors (Lipinski definition) is 4. The van der Waals surface area contributed by atoms with E-state index >= 15 is 0 Å². The van der Waals surface area contributed by atoms with Crippen LogP contribution >= 0.6 is 0 Å². The van der Waals surface area contributed by atoms with Crippen LogP contribution < -0.4 is 0 Å². The van der Waals surface area contributed by atoms with Crippen LogP contribution in [0.4, 0.5) is 0 Å². The van der Waals surface area contributed by atoms with Crippen molar-refractivity contribution in [2.24, 2.45) is 0 Å². The first-order chi connectivity index (χ1) is 13.6. The molecule has 0 atom stereocenters. The maximum atomic E-state index is 8.91. The number of hydrogen-bond donors (Lipinski definition) is 4. The molecule has 4 aliphatic carbocycles. The first-order valence-electron chi connectivity index (χ1n) is 12.3. The molecule has 0 aromatic heterocycles. The van der Waals surface area contributed by atoms with Crippen molar-refractivity contribution in [1.82, 2.24) is 0 Å². The van der Waals surface area contributed by atoms with Gasteiger partial charge in [0.15, 0.2) is 0 Å². The summed E-state index contributed by atoms with van der Waals surface area (Å²) in [7, 11) is 0. The third-order valence-electron chi connectivity index (χ3n) is 6.30. The van der Waals surface area contributed by atoms with Crippen LogP contribution in [0.5, 0.6) is 0 Å². The van der Waals surface area contributed by atoms with Crippen LogP contribution in [-0.4, -0.2) is 62.4 Å². The molecule has 0 spiro atoms. The molecule has 0 saturated heterocycles. The molecule has 4 aliphatic rings. The number of aliphatic hydroxyl groups excluding tert-OH is 4. The SMILES string of the molecule is OC1CCCCC1.OC1CCCCC1.OC1CCCCC1.OC1CCCCC1.[GeH4]. The summed E-state index contributed by atoms with van der Waals surface area (Å²) in [5.41, 5.74) is 0. The van der Waals surface area contributed by atoms with Crippen molar-refractivity contribution in [3.05, 3.63) is 0 Å². The van der Waals surface area contributed by atoms with Crippen molar-refractivity contribution in [3.8, 4) is 0 Å². The molecule has 176 valence electrons. The molecule has 0 heterocycles. The first-order valence-corrected chi connectivity index (χ1v) is 12.3. The van der Waals surface area contributed by atoms with Crippen LogP contribution in [0.1, 0.15) is 128 Å². The van der Waals surface area contributed by atoms with Crippen molar-refractivity contribution in [2.45, 2.75) is 153 Å².